The summed E-state index contributed by atoms with van der Waals surface area (Å²) < 4.78 is 1.77. The number of nitrogens with one attached hydrogen (secondary N) is 3. The highest BCUT2D eigenvalue weighted by molar-refractivity contribution is 5.99. The molecule has 122 valence electrons. The maximum Gasteiger partial charge on any atom is 0.326 e. The molecule has 0 radical (unpaired) electrons. The molecule has 0 saturated heterocycles. The second-order valence-electron chi connectivity index (χ2n) is 6.60. The van der Waals surface area contributed by atoms with Gasteiger partial charge in [0.05, 0.1) is 16.7 Å². The van der Waals surface area contributed by atoms with E-state index in [1.165, 1.54) is 16.5 Å². The van der Waals surface area contributed by atoms with E-state index in [2.05, 4.69) is 39.2 Å². The number of rotatable bonds is 1. The van der Waals surface area contributed by atoms with Gasteiger partial charge in [0.2, 0.25) is 0 Å². The molecule has 1 aliphatic rings. The minimum atomic E-state index is -0.0449. The molecule has 0 saturated carbocycles. The average molecular weight is 321 g/mol. The van der Waals surface area contributed by atoms with E-state index >= 15 is 0 Å². The molecule has 3 aromatic heterocycles. The minimum Gasteiger partial charge on any atom is -0.353 e. The Kier molecular flexibility index (Phi) is 2.63. The number of fused-ring (bicyclic) bond motifs is 6. The third-order valence-corrected chi connectivity index (χ3v) is 5.28. The summed E-state index contributed by atoms with van der Waals surface area (Å²) in [4.78, 5) is 18.6. The Morgan fingerprint density at radius 3 is 2.83 bits per heavy atom. The topological polar surface area (TPSA) is 82.3 Å². The van der Waals surface area contributed by atoms with Gasteiger partial charge in [-0.2, -0.15) is 5.10 Å². The summed E-state index contributed by atoms with van der Waals surface area (Å²) in [7, 11) is 0. The minimum absolute atomic E-state index is 0.0449. The normalized spacial score (nSPS) is 14.1. The predicted molar refractivity (Wildman–Crippen MR) is 94.4 cm³/mol. The summed E-state index contributed by atoms with van der Waals surface area (Å²) in [5.41, 5.74) is 8.83. The van der Waals surface area contributed by atoms with Gasteiger partial charge in [0.1, 0.15) is 5.69 Å². The van der Waals surface area contributed by atoms with Crippen LogP contribution in [0, 0.1) is 6.92 Å². The Bertz CT molecular complexity index is 1150. The molecule has 0 amide bonds. The van der Waals surface area contributed by atoms with E-state index in [1.54, 1.807) is 4.57 Å². The fourth-order valence-electron chi connectivity index (χ4n) is 4.08. The Balaban J connectivity index is 1.86. The van der Waals surface area contributed by atoms with Crippen molar-refractivity contribution < 1.29 is 0 Å². The number of imidazole rings is 1. The van der Waals surface area contributed by atoms with Crippen molar-refractivity contribution in [1.82, 2.24) is 24.7 Å². The highest BCUT2D eigenvalue weighted by atomic mass is 16.1. The zero-order chi connectivity index (χ0) is 16.4. The molecular formula is C18H19N5O. The Morgan fingerprint density at radius 2 is 2.00 bits per heavy atom. The molecule has 0 bridgehead atoms. The second-order valence-corrected chi connectivity index (χ2v) is 6.60. The first-order valence-electron chi connectivity index (χ1n) is 8.48. The van der Waals surface area contributed by atoms with Crippen molar-refractivity contribution in [3.63, 3.8) is 0 Å². The summed E-state index contributed by atoms with van der Waals surface area (Å²) in [6, 6.07) is 4.19. The van der Waals surface area contributed by atoms with Crippen LogP contribution in [0.15, 0.2) is 16.9 Å². The SMILES string of the molecule is CCn1c(=O)[nH]c2cc3c4c([nH]c3cc21)-c1n[nH]c(C)c1CCC4. The van der Waals surface area contributed by atoms with Crippen LogP contribution in [0.3, 0.4) is 0 Å². The predicted octanol–water partition coefficient (Wildman–Crippen LogP) is 3.02. The first-order chi connectivity index (χ1) is 11.7. The molecule has 24 heavy (non-hydrogen) atoms. The van der Waals surface area contributed by atoms with E-state index in [-0.39, 0.29) is 5.69 Å². The van der Waals surface area contributed by atoms with Gasteiger partial charge in [0.15, 0.2) is 0 Å². The summed E-state index contributed by atoms with van der Waals surface area (Å²) in [5.74, 6) is 0. The van der Waals surface area contributed by atoms with Gasteiger partial charge in [-0.3, -0.25) is 9.67 Å². The third-order valence-electron chi connectivity index (χ3n) is 5.28. The van der Waals surface area contributed by atoms with Crippen molar-refractivity contribution in [2.45, 2.75) is 39.7 Å². The number of nitrogens with zero attached hydrogens (tertiary/aromatic N) is 2. The fraction of sp³-hybridized carbons (Fsp3) is 0.333. The standard InChI is InChI=1S/C18H19N5O/c1-3-23-15-8-13-12(7-14(15)20-18(23)24)11-6-4-5-10-9(2)21-22-17(10)16(11)19-13/h7-8,19H,3-6H2,1-2H3,(H,20,24)(H,21,22). The highest BCUT2D eigenvalue weighted by Gasteiger charge is 2.23. The van der Waals surface area contributed by atoms with E-state index in [0.717, 1.165) is 52.9 Å². The summed E-state index contributed by atoms with van der Waals surface area (Å²) in [6.07, 6.45) is 3.18. The lowest BCUT2D eigenvalue weighted by Gasteiger charge is -2.00. The number of H-pyrrole nitrogens is 3. The summed E-state index contributed by atoms with van der Waals surface area (Å²) in [6.45, 7) is 4.73. The molecule has 3 heterocycles. The molecule has 6 heteroatoms. The van der Waals surface area contributed by atoms with Crippen LogP contribution in [0.4, 0.5) is 0 Å². The molecule has 0 atom stereocenters. The van der Waals surface area contributed by atoms with E-state index in [0.29, 0.717) is 6.54 Å². The maximum atomic E-state index is 12.1. The largest absolute Gasteiger partial charge is 0.353 e. The van der Waals surface area contributed by atoms with Gasteiger partial charge in [-0.05, 0) is 50.8 Å². The van der Waals surface area contributed by atoms with E-state index < -0.39 is 0 Å². The summed E-state index contributed by atoms with van der Waals surface area (Å²) >= 11 is 0. The van der Waals surface area contributed by atoms with Crippen LogP contribution in [0.5, 0.6) is 0 Å². The van der Waals surface area contributed by atoms with Crippen LogP contribution >= 0.6 is 0 Å². The molecule has 6 nitrogen and oxygen atoms in total. The second kappa shape index (κ2) is 4.63. The zero-order valence-electron chi connectivity index (χ0n) is 13.8. The van der Waals surface area contributed by atoms with Crippen molar-refractivity contribution in [1.29, 1.82) is 0 Å². The molecule has 0 fully saturated rings. The number of hydrogen-bond acceptors (Lipinski definition) is 2. The molecule has 4 aromatic rings. The average Bonchev–Trinajstić information content (AvgIpc) is 3.15. The molecular weight excluding hydrogens is 302 g/mol. The smallest absolute Gasteiger partial charge is 0.326 e. The maximum absolute atomic E-state index is 12.1. The third kappa shape index (κ3) is 1.65. The van der Waals surface area contributed by atoms with Crippen LogP contribution in [-0.4, -0.2) is 24.7 Å². The van der Waals surface area contributed by atoms with Crippen LogP contribution < -0.4 is 5.69 Å². The number of aromatic amines is 3. The van der Waals surface area contributed by atoms with Crippen LogP contribution in [-0.2, 0) is 19.4 Å². The van der Waals surface area contributed by atoms with Gasteiger partial charge in [-0.1, -0.05) is 0 Å². The van der Waals surface area contributed by atoms with Gasteiger partial charge in [-0.25, -0.2) is 4.79 Å². The Labute approximate surface area is 137 Å². The summed E-state index contributed by atoms with van der Waals surface area (Å²) in [5, 5.41) is 8.85. The molecule has 0 aliphatic heterocycles. The van der Waals surface area contributed by atoms with Gasteiger partial charge < -0.3 is 9.97 Å². The monoisotopic (exact) mass is 321 g/mol. The molecule has 0 unspecified atom stereocenters. The fourth-order valence-corrected chi connectivity index (χ4v) is 4.08. The van der Waals surface area contributed by atoms with E-state index in [1.807, 2.05) is 6.92 Å². The number of hydrogen-bond donors (Lipinski definition) is 3. The van der Waals surface area contributed by atoms with Gasteiger partial charge in [0, 0.05) is 28.7 Å². The van der Waals surface area contributed by atoms with Crippen molar-refractivity contribution in [3.8, 4) is 11.4 Å². The van der Waals surface area contributed by atoms with Crippen molar-refractivity contribution in [2.24, 2.45) is 0 Å². The molecule has 1 aliphatic carbocycles. The van der Waals surface area contributed by atoms with E-state index in [9.17, 15) is 4.79 Å². The number of aryl methyl sites for hydroxylation is 3. The zero-order valence-corrected chi connectivity index (χ0v) is 13.8. The lowest BCUT2D eigenvalue weighted by molar-refractivity contribution is 0.753. The first-order valence-corrected chi connectivity index (χ1v) is 8.48. The lowest BCUT2D eigenvalue weighted by atomic mass is 10.1. The Hall–Kier alpha value is -2.76. The quantitative estimate of drug-likeness (QED) is 0.503. The lowest BCUT2D eigenvalue weighted by Crippen LogP contribution is -2.14. The van der Waals surface area contributed by atoms with Crippen LogP contribution in [0.25, 0.3) is 33.3 Å². The van der Waals surface area contributed by atoms with Gasteiger partial charge in [0.25, 0.3) is 0 Å². The number of aromatic nitrogens is 5. The highest BCUT2D eigenvalue weighted by Crippen LogP contribution is 2.37. The van der Waals surface area contributed by atoms with Gasteiger partial charge in [-0.15, -0.1) is 0 Å². The van der Waals surface area contributed by atoms with Crippen molar-refractivity contribution in [3.05, 3.63) is 39.4 Å². The molecule has 1 aromatic carbocycles. The first kappa shape index (κ1) is 13.7. The van der Waals surface area contributed by atoms with Crippen molar-refractivity contribution in [2.75, 3.05) is 0 Å². The molecule has 3 N–H and O–H groups in total. The van der Waals surface area contributed by atoms with Crippen molar-refractivity contribution >= 4 is 21.9 Å². The molecule has 5 rings (SSSR count). The Morgan fingerprint density at radius 1 is 1.17 bits per heavy atom. The molecule has 0 spiro atoms. The van der Waals surface area contributed by atoms with E-state index in [4.69, 9.17) is 0 Å². The number of benzene rings is 1. The van der Waals surface area contributed by atoms with Crippen LogP contribution in [0.2, 0.25) is 0 Å². The van der Waals surface area contributed by atoms with Crippen LogP contribution in [0.1, 0.15) is 30.2 Å². The van der Waals surface area contributed by atoms with Gasteiger partial charge >= 0.3 is 5.69 Å².